The number of benzene rings is 1. The summed E-state index contributed by atoms with van der Waals surface area (Å²) in [6, 6.07) is 11.0. The summed E-state index contributed by atoms with van der Waals surface area (Å²) in [4.78, 5) is 12.0. The number of rotatable bonds is 4. The molecule has 0 unspecified atom stereocenters. The second-order valence-electron chi connectivity index (χ2n) is 4.22. The van der Waals surface area contributed by atoms with Crippen molar-refractivity contribution >= 4 is 21.8 Å². The molecule has 2 rings (SSSR count). The van der Waals surface area contributed by atoms with E-state index < -0.39 is 0 Å². The first kappa shape index (κ1) is 13.8. The van der Waals surface area contributed by atoms with Crippen LogP contribution in [0.1, 0.15) is 34.8 Å². The third-order valence-electron chi connectivity index (χ3n) is 2.78. The summed E-state index contributed by atoms with van der Waals surface area (Å²) in [7, 11) is 0. The smallest absolute Gasteiger partial charge is 0.287 e. The Labute approximate surface area is 120 Å². The van der Waals surface area contributed by atoms with Crippen LogP contribution in [0.15, 0.2) is 45.3 Å². The summed E-state index contributed by atoms with van der Waals surface area (Å²) in [5.74, 6) is 0.634. The number of furan rings is 1. The van der Waals surface area contributed by atoms with Gasteiger partial charge in [-0.15, -0.1) is 0 Å². The molecule has 0 aliphatic heterocycles. The van der Waals surface area contributed by atoms with E-state index in [0.29, 0.717) is 5.76 Å². The van der Waals surface area contributed by atoms with Crippen LogP contribution in [0.5, 0.6) is 0 Å². The van der Waals surface area contributed by atoms with Gasteiger partial charge in [-0.2, -0.15) is 0 Å². The Morgan fingerprint density at radius 1 is 1.42 bits per heavy atom. The van der Waals surface area contributed by atoms with E-state index in [-0.39, 0.29) is 24.3 Å². The minimum Gasteiger partial charge on any atom is -0.455 e. The van der Waals surface area contributed by atoms with Gasteiger partial charge < -0.3 is 15.5 Å². The third kappa shape index (κ3) is 3.45. The molecule has 1 atom stereocenters. The van der Waals surface area contributed by atoms with Gasteiger partial charge in [0.2, 0.25) is 0 Å². The maximum absolute atomic E-state index is 12.0. The molecule has 1 amide bonds. The van der Waals surface area contributed by atoms with Crippen LogP contribution in [0.2, 0.25) is 0 Å². The normalized spacial score (nSPS) is 12.2. The number of hydrogen-bond donors (Lipinski definition) is 2. The van der Waals surface area contributed by atoms with Gasteiger partial charge in [-0.05, 0) is 36.8 Å². The Bertz CT molecular complexity index is 580. The molecular weight excluding hydrogens is 308 g/mol. The van der Waals surface area contributed by atoms with Crippen molar-refractivity contribution in [2.45, 2.75) is 19.5 Å². The lowest BCUT2D eigenvalue weighted by Crippen LogP contribution is -2.26. The molecule has 3 N–H and O–H groups in total. The summed E-state index contributed by atoms with van der Waals surface area (Å²) < 4.78 is 6.29. The second-order valence-corrected chi connectivity index (χ2v) is 5.14. The number of nitrogens with one attached hydrogen (secondary N) is 1. The Kier molecular flexibility index (Phi) is 4.39. The van der Waals surface area contributed by atoms with Crippen molar-refractivity contribution in [3.63, 3.8) is 0 Å². The maximum Gasteiger partial charge on any atom is 0.287 e. The second kappa shape index (κ2) is 6.04. The SMILES string of the molecule is C[C@H](NC(=O)c1ccc(CN)o1)c1cccc(Br)c1. The molecule has 1 aromatic carbocycles. The first-order chi connectivity index (χ1) is 9.10. The average molecular weight is 323 g/mol. The topological polar surface area (TPSA) is 68.3 Å². The average Bonchev–Trinajstić information content (AvgIpc) is 2.87. The standard InChI is InChI=1S/C14H15BrN2O2/c1-9(10-3-2-4-11(15)7-10)17-14(18)13-6-5-12(8-16)19-13/h2-7,9H,8,16H2,1H3,(H,17,18)/t9-/m0/s1. The Morgan fingerprint density at radius 2 is 2.21 bits per heavy atom. The molecule has 1 heterocycles. The van der Waals surface area contributed by atoms with E-state index in [1.165, 1.54) is 0 Å². The van der Waals surface area contributed by atoms with Crippen LogP contribution in [0.25, 0.3) is 0 Å². The monoisotopic (exact) mass is 322 g/mol. The number of carbonyl (C=O) groups excluding carboxylic acids is 1. The lowest BCUT2D eigenvalue weighted by atomic mass is 10.1. The van der Waals surface area contributed by atoms with Crippen LogP contribution in [0.4, 0.5) is 0 Å². The summed E-state index contributed by atoms with van der Waals surface area (Å²) >= 11 is 3.41. The molecular formula is C14H15BrN2O2. The van der Waals surface area contributed by atoms with Crippen LogP contribution in [0, 0.1) is 0 Å². The van der Waals surface area contributed by atoms with Crippen molar-refractivity contribution in [1.82, 2.24) is 5.32 Å². The van der Waals surface area contributed by atoms with Gasteiger partial charge >= 0.3 is 0 Å². The number of halogens is 1. The van der Waals surface area contributed by atoms with Gasteiger partial charge in [0.05, 0.1) is 12.6 Å². The van der Waals surface area contributed by atoms with Crippen molar-refractivity contribution in [2.75, 3.05) is 0 Å². The highest BCUT2D eigenvalue weighted by Crippen LogP contribution is 2.18. The molecule has 0 spiro atoms. The highest BCUT2D eigenvalue weighted by molar-refractivity contribution is 9.10. The highest BCUT2D eigenvalue weighted by atomic mass is 79.9. The summed E-state index contributed by atoms with van der Waals surface area (Å²) in [5, 5.41) is 2.88. The van der Waals surface area contributed by atoms with Crippen molar-refractivity contribution < 1.29 is 9.21 Å². The van der Waals surface area contributed by atoms with E-state index in [1.807, 2.05) is 31.2 Å². The molecule has 0 bridgehead atoms. The molecule has 0 aliphatic carbocycles. The molecule has 0 fully saturated rings. The summed E-state index contributed by atoms with van der Waals surface area (Å²) in [5.41, 5.74) is 6.46. The van der Waals surface area contributed by atoms with E-state index in [0.717, 1.165) is 10.0 Å². The van der Waals surface area contributed by atoms with Gasteiger partial charge in [0, 0.05) is 4.47 Å². The van der Waals surface area contributed by atoms with E-state index >= 15 is 0 Å². The van der Waals surface area contributed by atoms with Gasteiger partial charge in [0.1, 0.15) is 5.76 Å². The van der Waals surface area contributed by atoms with Crippen LogP contribution in [-0.4, -0.2) is 5.91 Å². The lowest BCUT2D eigenvalue weighted by Gasteiger charge is -2.13. The molecule has 0 aliphatic rings. The van der Waals surface area contributed by atoms with Gasteiger partial charge in [-0.3, -0.25) is 4.79 Å². The zero-order chi connectivity index (χ0) is 13.8. The molecule has 2 aromatic rings. The number of amides is 1. The third-order valence-corrected chi connectivity index (χ3v) is 3.28. The highest BCUT2D eigenvalue weighted by Gasteiger charge is 2.14. The molecule has 5 heteroatoms. The zero-order valence-electron chi connectivity index (χ0n) is 10.5. The van der Waals surface area contributed by atoms with Crippen LogP contribution in [-0.2, 0) is 6.54 Å². The zero-order valence-corrected chi connectivity index (χ0v) is 12.1. The molecule has 4 nitrogen and oxygen atoms in total. The number of carbonyl (C=O) groups is 1. The minimum atomic E-state index is -0.243. The fourth-order valence-electron chi connectivity index (χ4n) is 1.74. The predicted molar refractivity (Wildman–Crippen MR) is 76.6 cm³/mol. The van der Waals surface area contributed by atoms with Crippen LogP contribution < -0.4 is 11.1 Å². The van der Waals surface area contributed by atoms with Crippen molar-refractivity contribution in [1.29, 1.82) is 0 Å². The number of hydrogen-bond acceptors (Lipinski definition) is 3. The largest absolute Gasteiger partial charge is 0.455 e. The van der Waals surface area contributed by atoms with Crippen molar-refractivity contribution in [3.05, 3.63) is 58.0 Å². The molecule has 19 heavy (non-hydrogen) atoms. The fraction of sp³-hybridized carbons (Fsp3) is 0.214. The molecule has 0 radical (unpaired) electrons. The first-order valence-electron chi connectivity index (χ1n) is 5.95. The van der Waals surface area contributed by atoms with Crippen LogP contribution >= 0.6 is 15.9 Å². The summed E-state index contributed by atoms with van der Waals surface area (Å²) in [6.07, 6.45) is 0. The fourth-order valence-corrected chi connectivity index (χ4v) is 2.15. The lowest BCUT2D eigenvalue weighted by molar-refractivity contribution is 0.0910. The Hall–Kier alpha value is -1.59. The van der Waals surface area contributed by atoms with Crippen molar-refractivity contribution in [2.24, 2.45) is 5.73 Å². The van der Waals surface area contributed by atoms with Gasteiger partial charge in [0.15, 0.2) is 5.76 Å². The molecule has 100 valence electrons. The Balaban J connectivity index is 2.06. The number of nitrogens with two attached hydrogens (primary N) is 1. The van der Waals surface area contributed by atoms with Crippen LogP contribution in [0.3, 0.4) is 0 Å². The van der Waals surface area contributed by atoms with Gasteiger partial charge in [-0.25, -0.2) is 0 Å². The molecule has 0 saturated carbocycles. The minimum absolute atomic E-state index is 0.101. The van der Waals surface area contributed by atoms with Crippen molar-refractivity contribution in [3.8, 4) is 0 Å². The van der Waals surface area contributed by atoms with E-state index in [9.17, 15) is 4.79 Å². The Morgan fingerprint density at radius 3 is 2.84 bits per heavy atom. The maximum atomic E-state index is 12.0. The molecule has 0 saturated heterocycles. The quantitative estimate of drug-likeness (QED) is 0.909. The van der Waals surface area contributed by atoms with E-state index in [1.54, 1.807) is 12.1 Å². The van der Waals surface area contributed by atoms with E-state index in [2.05, 4.69) is 21.2 Å². The van der Waals surface area contributed by atoms with Gasteiger partial charge in [-0.1, -0.05) is 28.1 Å². The predicted octanol–water partition coefficient (Wildman–Crippen LogP) is 2.99. The molecule has 1 aromatic heterocycles. The first-order valence-corrected chi connectivity index (χ1v) is 6.74. The summed E-state index contributed by atoms with van der Waals surface area (Å²) in [6.45, 7) is 2.21. The van der Waals surface area contributed by atoms with E-state index in [4.69, 9.17) is 10.2 Å². The van der Waals surface area contributed by atoms with Gasteiger partial charge in [0.25, 0.3) is 5.91 Å².